The van der Waals surface area contributed by atoms with Gasteiger partial charge >= 0.3 is 5.97 Å². The van der Waals surface area contributed by atoms with E-state index in [-0.39, 0.29) is 73.8 Å². The lowest BCUT2D eigenvalue weighted by Gasteiger charge is -2.28. The molecular weight excluding hydrogens is 839 g/mol. The number of carbonyl (C=O) groups is 7. The fourth-order valence-electron chi connectivity index (χ4n) is 6.77. The molecule has 0 spiro atoms. The number of hydrogen-bond acceptors (Lipinski definition) is 11. The van der Waals surface area contributed by atoms with E-state index in [1.165, 1.54) is 25.4 Å². The minimum atomic E-state index is -0.931. The lowest BCUT2D eigenvalue weighted by Crippen LogP contribution is -2.57. The lowest BCUT2D eigenvalue weighted by molar-refractivity contribution is -0.146. The Bertz CT molecular complexity index is 2190. The highest BCUT2D eigenvalue weighted by molar-refractivity contribution is 5.97. The van der Waals surface area contributed by atoms with Crippen molar-refractivity contribution in [1.82, 2.24) is 25.8 Å². The van der Waals surface area contributed by atoms with Gasteiger partial charge in [0.05, 0.1) is 20.3 Å². The Balaban J connectivity index is 1.48. The van der Waals surface area contributed by atoms with Crippen LogP contribution in [0.1, 0.15) is 87.5 Å². The zero-order valence-electron chi connectivity index (χ0n) is 39.0. The fourth-order valence-corrected chi connectivity index (χ4v) is 6.77. The molecule has 0 bridgehead atoms. The van der Waals surface area contributed by atoms with Crippen molar-refractivity contribution in [2.24, 2.45) is 29.4 Å². The number of aromatic nitrogens is 1. The van der Waals surface area contributed by atoms with E-state index in [0.29, 0.717) is 30.8 Å². The SMILES string of the molecule is COC(=O)[C@@H](NC(=O)[C@H](CC(C)C)NC(=O)[C@@H](NC(=O)CCCOc1ccc2ccc(OCCCC(=O)N[C@H](C(=O)Nc3cccn(CC(N)=O)c3=O)C(C)C)cc2c1)C(C)C)C(C)C. The number of ether oxygens (including phenoxy) is 3. The highest BCUT2D eigenvalue weighted by Crippen LogP contribution is 2.26. The zero-order valence-corrected chi connectivity index (χ0v) is 39.0. The Kier molecular flexibility index (Phi) is 20.9. The molecule has 0 saturated heterocycles. The van der Waals surface area contributed by atoms with E-state index in [1.54, 1.807) is 41.5 Å². The topological polar surface area (TPSA) is 255 Å². The molecule has 0 aliphatic heterocycles. The van der Waals surface area contributed by atoms with Gasteiger partial charge in [0.25, 0.3) is 5.56 Å². The summed E-state index contributed by atoms with van der Waals surface area (Å²) in [6.07, 6.45) is 2.60. The summed E-state index contributed by atoms with van der Waals surface area (Å²) in [7, 11) is 1.25. The molecule has 0 unspecified atom stereocenters. The largest absolute Gasteiger partial charge is 0.494 e. The fraction of sp³-hybridized carbons (Fsp3) is 0.532. The van der Waals surface area contributed by atoms with E-state index in [2.05, 4.69) is 26.6 Å². The van der Waals surface area contributed by atoms with Gasteiger partial charge in [-0.1, -0.05) is 67.5 Å². The predicted molar refractivity (Wildman–Crippen MR) is 246 cm³/mol. The number of carbonyl (C=O) groups excluding carboxylic acids is 7. The van der Waals surface area contributed by atoms with Crippen LogP contribution in [0.4, 0.5) is 5.69 Å². The molecule has 0 radical (unpaired) electrons. The number of primary amides is 1. The summed E-state index contributed by atoms with van der Waals surface area (Å²) in [4.78, 5) is 102. The molecule has 0 saturated carbocycles. The van der Waals surface area contributed by atoms with Gasteiger partial charge in [-0.2, -0.15) is 0 Å². The van der Waals surface area contributed by atoms with Crippen LogP contribution in [0.5, 0.6) is 11.5 Å². The molecule has 0 aliphatic carbocycles. The molecule has 1 aromatic heterocycles. The van der Waals surface area contributed by atoms with Crippen molar-refractivity contribution in [3.05, 3.63) is 65.1 Å². The first-order chi connectivity index (χ1) is 30.7. The van der Waals surface area contributed by atoms with Crippen LogP contribution in [-0.2, 0) is 44.8 Å². The molecule has 0 aliphatic rings. The summed E-state index contributed by atoms with van der Waals surface area (Å²) < 4.78 is 17.8. The maximum absolute atomic E-state index is 13.5. The first-order valence-corrected chi connectivity index (χ1v) is 22.1. The number of pyridine rings is 1. The second kappa shape index (κ2) is 25.7. The van der Waals surface area contributed by atoms with E-state index in [4.69, 9.17) is 19.9 Å². The van der Waals surface area contributed by atoms with Crippen LogP contribution in [0.2, 0.25) is 0 Å². The molecular formula is C47H67N7O11. The van der Waals surface area contributed by atoms with Gasteiger partial charge in [0.1, 0.15) is 47.9 Å². The molecule has 18 heteroatoms. The van der Waals surface area contributed by atoms with E-state index in [9.17, 15) is 38.4 Å². The third kappa shape index (κ3) is 17.2. The van der Waals surface area contributed by atoms with Crippen molar-refractivity contribution < 1.29 is 47.8 Å². The number of nitrogens with one attached hydrogen (secondary N) is 5. The van der Waals surface area contributed by atoms with Gasteiger partial charge in [-0.15, -0.1) is 0 Å². The third-order valence-electron chi connectivity index (χ3n) is 10.3. The summed E-state index contributed by atoms with van der Waals surface area (Å²) >= 11 is 0. The Morgan fingerprint density at radius 2 is 1.17 bits per heavy atom. The highest BCUT2D eigenvalue weighted by Gasteiger charge is 2.33. The van der Waals surface area contributed by atoms with E-state index in [0.717, 1.165) is 15.3 Å². The minimum Gasteiger partial charge on any atom is -0.494 e. The van der Waals surface area contributed by atoms with Crippen molar-refractivity contribution >= 4 is 57.9 Å². The van der Waals surface area contributed by atoms with Gasteiger partial charge in [0, 0.05) is 19.0 Å². The molecule has 0 fully saturated rings. The molecule has 6 amide bonds. The molecule has 356 valence electrons. The van der Waals surface area contributed by atoms with Gasteiger partial charge in [-0.05, 0) is 90.1 Å². The van der Waals surface area contributed by atoms with Crippen molar-refractivity contribution in [3.63, 3.8) is 0 Å². The first kappa shape index (κ1) is 52.9. The number of benzene rings is 2. The van der Waals surface area contributed by atoms with Gasteiger partial charge in [-0.3, -0.25) is 33.6 Å². The van der Waals surface area contributed by atoms with Crippen LogP contribution in [0.25, 0.3) is 10.8 Å². The Labute approximate surface area is 380 Å². The molecule has 2 aromatic carbocycles. The average Bonchev–Trinajstić information content (AvgIpc) is 3.23. The number of fused-ring (bicyclic) bond motifs is 1. The van der Waals surface area contributed by atoms with Crippen LogP contribution in [-0.4, -0.2) is 90.5 Å². The smallest absolute Gasteiger partial charge is 0.328 e. The number of nitrogens with two attached hydrogens (primary N) is 1. The third-order valence-corrected chi connectivity index (χ3v) is 10.3. The molecule has 3 rings (SSSR count). The van der Waals surface area contributed by atoms with Crippen LogP contribution >= 0.6 is 0 Å². The van der Waals surface area contributed by atoms with Gasteiger partial charge in [-0.25, -0.2) is 4.79 Å². The second-order valence-corrected chi connectivity index (χ2v) is 17.4. The van der Waals surface area contributed by atoms with E-state index >= 15 is 0 Å². The average molecular weight is 906 g/mol. The normalized spacial score (nSPS) is 13.1. The summed E-state index contributed by atoms with van der Waals surface area (Å²) in [5.41, 5.74) is 4.56. The number of hydrogen-bond donors (Lipinski definition) is 6. The first-order valence-electron chi connectivity index (χ1n) is 22.1. The Morgan fingerprint density at radius 3 is 1.65 bits per heavy atom. The molecule has 3 aromatic rings. The summed E-state index contributed by atoms with van der Waals surface area (Å²) in [5, 5.41) is 15.4. The minimum absolute atomic E-state index is 0.0427. The van der Waals surface area contributed by atoms with Gasteiger partial charge in [0.15, 0.2) is 0 Å². The maximum atomic E-state index is 13.5. The summed E-state index contributed by atoms with van der Waals surface area (Å²) in [5.74, 6) is -3.19. The molecule has 1 heterocycles. The molecule has 4 atom stereocenters. The van der Waals surface area contributed by atoms with Crippen molar-refractivity contribution in [3.8, 4) is 11.5 Å². The summed E-state index contributed by atoms with van der Waals surface area (Å²) in [6, 6.07) is 10.4. The Hall–Kier alpha value is -6.46. The molecule has 65 heavy (non-hydrogen) atoms. The van der Waals surface area contributed by atoms with Crippen molar-refractivity contribution in [2.75, 3.05) is 25.6 Å². The molecule has 7 N–H and O–H groups in total. The zero-order chi connectivity index (χ0) is 48.4. The number of amides is 6. The number of anilines is 1. The van der Waals surface area contributed by atoms with Gasteiger partial charge < -0.3 is 51.1 Å². The highest BCUT2D eigenvalue weighted by atomic mass is 16.5. The second-order valence-electron chi connectivity index (χ2n) is 17.4. The lowest BCUT2D eigenvalue weighted by atomic mass is 9.98. The van der Waals surface area contributed by atoms with Gasteiger partial charge in [0.2, 0.25) is 35.4 Å². The van der Waals surface area contributed by atoms with E-state index < -0.39 is 59.3 Å². The van der Waals surface area contributed by atoms with Crippen LogP contribution in [0.3, 0.4) is 0 Å². The number of nitrogens with zero attached hydrogens (tertiary/aromatic N) is 1. The number of methoxy groups -OCH3 is 1. The van der Waals surface area contributed by atoms with E-state index in [1.807, 2.05) is 50.2 Å². The van der Waals surface area contributed by atoms with Crippen LogP contribution < -0.4 is 47.4 Å². The maximum Gasteiger partial charge on any atom is 0.328 e. The van der Waals surface area contributed by atoms with Crippen molar-refractivity contribution in [2.45, 2.75) is 118 Å². The van der Waals surface area contributed by atoms with Crippen LogP contribution in [0.15, 0.2) is 59.5 Å². The summed E-state index contributed by atoms with van der Waals surface area (Å²) in [6.45, 7) is 14.6. The van der Waals surface area contributed by atoms with Crippen LogP contribution in [0, 0.1) is 23.7 Å². The quantitative estimate of drug-likeness (QED) is 0.0502. The number of rotatable bonds is 26. The number of esters is 1. The standard InChI is InChI=1S/C47H67N7O11/c1-27(2)23-36(43(58)53-42(30(7)8)47(62)63-9)50-45(60)41(29(5)6)52-39(57)15-12-22-65-34-19-17-31-16-18-33(24-32(31)25-34)64-21-11-14-38(56)51-40(28(3)4)44(59)49-35-13-10-20-54(46(35)61)26-37(48)55/h10,13,16-20,24-25,27-30,36,40-42H,11-12,14-15,21-23,26H2,1-9H3,(H2,48,55)(H,49,59)(H,50,60)(H,51,56)(H,52,57)(H,53,58)/t36-,40-,41-,42-/m0/s1. The monoisotopic (exact) mass is 905 g/mol. The Morgan fingerprint density at radius 1 is 0.646 bits per heavy atom. The molecule has 18 nitrogen and oxygen atoms in total. The van der Waals surface area contributed by atoms with Crippen molar-refractivity contribution in [1.29, 1.82) is 0 Å². The predicted octanol–water partition coefficient (Wildman–Crippen LogP) is 3.57.